The van der Waals surface area contributed by atoms with Crippen LogP contribution in [-0.2, 0) is 4.74 Å². The number of hydrogen-bond acceptors (Lipinski definition) is 3. The molecule has 5 nitrogen and oxygen atoms in total. The van der Waals surface area contributed by atoms with Crippen LogP contribution in [0.3, 0.4) is 0 Å². The number of urea groups is 1. The number of hydrogen-bond donors (Lipinski definition) is 1. The van der Waals surface area contributed by atoms with E-state index in [-0.39, 0.29) is 6.03 Å². The monoisotopic (exact) mass is 298 g/mol. The molecule has 0 aliphatic heterocycles. The van der Waals surface area contributed by atoms with Gasteiger partial charge in [0.25, 0.3) is 0 Å². The molecule has 0 spiro atoms. The van der Waals surface area contributed by atoms with Crippen LogP contribution in [0.25, 0.3) is 0 Å². The molecule has 0 saturated heterocycles. The normalized spacial score (nSPS) is 9.91. The number of carbonyl (C=O) groups excluding carboxylic acids is 2. The Labute approximate surface area is 129 Å². The van der Waals surface area contributed by atoms with Crippen LogP contribution < -0.4 is 10.2 Å². The lowest BCUT2D eigenvalue weighted by molar-refractivity contribution is 0.0602. The number of carbonyl (C=O) groups is 2. The van der Waals surface area contributed by atoms with E-state index in [0.717, 1.165) is 5.69 Å². The Morgan fingerprint density at radius 3 is 2.32 bits per heavy atom. The minimum absolute atomic E-state index is 0.301. The summed E-state index contributed by atoms with van der Waals surface area (Å²) in [5.41, 5.74) is 1.54. The van der Waals surface area contributed by atoms with Crippen molar-refractivity contribution in [2.24, 2.45) is 0 Å². The van der Waals surface area contributed by atoms with Crippen LogP contribution in [0.4, 0.5) is 16.2 Å². The second kappa shape index (κ2) is 7.26. The van der Waals surface area contributed by atoms with Crippen LogP contribution in [-0.4, -0.2) is 25.7 Å². The highest BCUT2D eigenvalue weighted by atomic mass is 16.5. The SMILES string of the molecule is CCN(C(=O)Nc1ccccc1C(=O)OC)c1ccccc1. The van der Waals surface area contributed by atoms with Gasteiger partial charge in [0.1, 0.15) is 0 Å². The summed E-state index contributed by atoms with van der Waals surface area (Å²) in [5, 5.41) is 2.76. The van der Waals surface area contributed by atoms with E-state index in [4.69, 9.17) is 4.74 Å². The molecule has 0 fully saturated rings. The number of anilines is 2. The summed E-state index contributed by atoms with van der Waals surface area (Å²) in [6.07, 6.45) is 0. The van der Waals surface area contributed by atoms with Gasteiger partial charge in [0, 0.05) is 12.2 Å². The van der Waals surface area contributed by atoms with Gasteiger partial charge in [0.05, 0.1) is 18.4 Å². The Bertz CT molecular complexity index is 656. The molecule has 114 valence electrons. The summed E-state index contributed by atoms with van der Waals surface area (Å²) in [7, 11) is 1.31. The van der Waals surface area contributed by atoms with Gasteiger partial charge in [-0.2, -0.15) is 0 Å². The second-order valence-electron chi connectivity index (χ2n) is 4.55. The predicted octanol–water partition coefficient (Wildman–Crippen LogP) is 3.53. The van der Waals surface area contributed by atoms with Crippen molar-refractivity contribution in [2.75, 3.05) is 23.9 Å². The Morgan fingerprint density at radius 2 is 1.68 bits per heavy atom. The largest absolute Gasteiger partial charge is 0.465 e. The zero-order valence-electron chi connectivity index (χ0n) is 12.6. The quantitative estimate of drug-likeness (QED) is 0.878. The average Bonchev–Trinajstić information content (AvgIpc) is 2.56. The molecule has 0 radical (unpaired) electrons. The molecular weight excluding hydrogens is 280 g/mol. The first-order chi connectivity index (χ1) is 10.7. The van der Waals surface area contributed by atoms with Gasteiger partial charge in [0.2, 0.25) is 0 Å². The minimum Gasteiger partial charge on any atom is -0.465 e. The Hall–Kier alpha value is -2.82. The molecule has 0 saturated carbocycles. The fraction of sp³-hybridized carbons (Fsp3) is 0.176. The summed E-state index contributed by atoms with van der Waals surface area (Å²) >= 11 is 0. The van der Waals surface area contributed by atoms with Crippen LogP contribution >= 0.6 is 0 Å². The lowest BCUT2D eigenvalue weighted by atomic mass is 10.2. The number of ether oxygens (including phenoxy) is 1. The van der Waals surface area contributed by atoms with E-state index in [2.05, 4.69) is 5.32 Å². The molecule has 2 amide bonds. The fourth-order valence-electron chi connectivity index (χ4n) is 2.11. The molecule has 5 heteroatoms. The zero-order chi connectivity index (χ0) is 15.9. The lowest BCUT2D eigenvalue weighted by Gasteiger charge is -2.22. The number of nitrogens with one attached hydrogen (secondary N) is 1. The van der Waals surface area contributed by atoms with Crippen LogP contribution in [0, 0.1) is 0 Å². The number of rotatable bonds is 4. The van der Waals surface area contributed by atoms with Crippen molar-refractivity contribution in [3.05, 3.63) is 60.2 Å². The van der Waals surface area contributed by atoms with Crippen molar-refractivity contribution in [2.45, 2.75) is 6.92 Å². The number of benzene rings is 2. The van der Waals surface area contributed by atoms with Gasteiger partial charge in [-0.05, 0) is 31.2 Å². The van der Waals surface area contributed by atoms with Crippen molar-refractivity contribution in [1.29, 1.82) is 0 Å². The summed E-state index contributed by atoms with van der Waals surface area (Å²) in [5.74, 6) is -0.487. The Balaban J connectivity index is 2.23. The second-order valence-corrected chi connectivity index (χ2v) is 4.55. The maximum atomic E-state index is 12.5. The first kappa shape index (κ1) is 15.6. The lowest BCUT2D eigenvalue weighted by Crippen LogP contribution is -2.35. The molecule has 0 aliphatic carbocycles. The number of esters is 1. The van der Waals surface area contributed by atoms with Crippen molar-refractivity contribution in [3.63, 3.8) is 0 Å². The third-order valence-electron chi connectivity index (χ3n) is 3.20. The molecule has 0 bridgehead atoms. The van der Waals surface area contributed by atoms with E-state index >= 15 is 0 Å². The molecule has 0 heterocycles. The summed E-state index contributed by atoms with van der Waals surface area (Å²) < 4.78 is 4.73. The van der Waals surface area contributed by atoms with E-state index in [1.54, 1.807) is 29.2 Å². The minimum atomic E-state index is -0.487. The Kier molecular flexibility index (Phi) is 5.14. The van der Waals surface area contributed by atoms with Gasteiger partial charge in [-0.25, -0.2) is 9.59 Å². The van der Waals surface area contributed by atoms with Gasteiger partial charge >= 0.3 is 12.0 Å². The number of amides is 2. The summed E-state index contributed by atoms with van der Waals surface area (Å²) in [4.78, 5) is 25.8. The van der Waals surface area contributed by atoms with Gasteiger partial charge in [0.15, 0.2) is 0 Å². The van der Waals surface area contributed by atoms with Gasteiger partial charge in [-0.3, -0.25) is 4.90 Å². The number of para-hydroxylation sites is 2. The summed E-state index contributed by atoms with van der Waals surface area (Å²) in [6, 6.07) is 15.8. The van der Waals surface area contributed by atoms with Gasteiger partial charge < -0.3 is 10.1 Å². The molecule has 0 aromatic heterocycles. The zero-order valence-corrected chi connectivity index (χ0v) is 12.6. The third-order valence-corrected chi connectivity index (χ3v) is 3.20. The maximum Gasteiger partial charge on any atom is 0.339 e. The number of nitrogens with zero attached hydrogens (tertiary/aromatic N) is 1. The molecule has 2 aromatic rings. The molecule has 1 N–H and O–H groups in total. The molecule has 22 heavy (non-hydrogen) atoms. The summed E-state index contributed by atoms with van der Waals surface area (Å²) in [6.45, 7) is 2.40. The van der Waals surface area contributed by atoms with Crippen molar-refractivity contribution >= 4 is 23.4 Å². The van der Waals surface area contributed by atoms with Crippen LogP contribution in [0.2, 0.25) is 0 Å². The predicted molar refractivity (Wildman–Crippen MR) is 86.3 cm³/mol. The molecule has 0 atom stereocenters. The van der Waals surface area contributed by atoms with E-state index in [0.29, 0.717) is 17.8 Å². The van der Waals surface area contributed by atoms with Crippen molar-refractivity contribution in [3.8, 4) is 0 Å². The van der Waals surface area contributed by atoms with Crippen LogP contribution in [0.15, 0.2) is 54.6 Å². The fourth-order valence-corrected chi connectivity index (χ4v) is 2.11. The van der Waals surface area contributed by atoms with Crippen LogP contribution in [0.5, 0.6) is 0 Å². The first-order valence-electron chi connectivity index (χ1n) is 6.98. The molecule has 2 rings (SSSR count). The van der Waals surface area contributed by atoms with E-state index in [1.807, 2.05) is 37.3 Å². The van der Waals surface area contributed by atoms with E-state index in [1.165, 1.54) is 7.11 Å². The average molecular weight is 298 g/mol. The van der Waals surface area contributed by atoms with E-state index in [9.17, 15) is 9.59 Å². The highest BCUT2D eigenvalue weighted by Gasteiger charge is 2.17. The first-order valence-corrected chi connectivity index (χ1v) is 6.98. The van der Waals surface area contributed by atoms with Crippen molar-refractivity contribution < 1.29 is 14.3 Å². The molecule has 0 aliphatic rings. The number of methoxy groups -OCH3 is 1. The highest BCUT2D eigenvalue weighted by molar-refractivity contribution is 6.06. The topological polar surface area (TPSA) is 58.6 Å². The Morgan fingerprint density at radius 1 is 1.05 bits per heavy atom. The molecule has 0 unspecified atom stereocenters. The van der Waals surface area contributed by atoms with Crippen LogP contribution in [0.1, 0.15) is 17.3 Å². The van der Waals surface area contributed by atoms with Gasteiger partial charge in [-0.1, -0.05) is 30.3 Å². The standard InChI is InChI=1S/C17H18N2O3/c1-3-19(13-9-5-4-6-10-13)17(21)18-15-12-8-7-11-14(15)16(20)22-2/h4-12H,3H2,1-2H3,(H,18,21). The van der Waals surface area contributed by atoms with E-state index < -0.39 is 5.97 Å². The van der Waals surface area contributed by atoms with Gasteiger partial charge in [-0.15, -0.1) is 0 Å². The smallest absolute Gasteiger partial charge is 0.339 e. The molecular formula is C17H18N2O3. The third kappa shape index (κ3) is 3.44. The maximum absolute atomic E-state index is 12.5. The highest BCUT2D eigenvalue weighted by Crippen LogP contribution is 2.19. The van der Waals surface area contributed by atoms with Crippen molar-refractivity contribution in [1.82, 2.24) is 0 Å². The molecule has 2 aromatic carbocycles.